The number of benzene rings is 2. The van der Waals surface area contributed by atoms with E-state index in [4.69, 9.17) is 14.2 Å². The molecule has 0 bridgehead atoms. The predicted octanol–water partition coefficient (Wildman–Crippen LogP) is 4.96. The van der Waals surface area contributed by atoms with E-state index in [0.717, 1.165) is 37.4 Å². The minimum atomic E-state index is -0.750. The fraction of sp³-hybridized carbons (Fsp3) is 0.484. The SMILES string of the molecule is CCOc1ccc([C@H]2C(=C(O)c3ccc4c(c3)C[C@H](C)O4)C(=O)C(=O)N2CCCN(CC)CC)cc1OCC. The lowest BCUT2D eigenvalue weighted by molar-refractivity contribution is -0.140. The molecule has 1 amide bonds. The molecule has 0 spiro atoms. The summed E-state index contributed by atoms with van der Waals surface area (Å²) in [5, 5.41) is 11.5. The standard InChI is InChI=1S/C31H40N2O6/c1-6-32(7-2)15-10-16-33-28(21-11-14-25(37-8-3)26(19-21)38-9-4)27(30(35)31(33)36)29(34)22-12-13-24-23(18-22)17-20(5)39-24/h11-14,18-20,28,34H,6-10,15-17H2,1-5H3/t20-,28-/m0/s1. The average Bonchev–Trinajstić information content (AvgIpc) is 3.42. The summed E-state index contributed by atoms with van der Waals surface area (Å²) in [5.74, 6) is 0.436. The van der Waals surface area contributed by atoms with E-state index in [1.165, 1.54) is 0 Å². The molecule has 2 aromatic rings. The van der Waals surface area contributed by atoms with Crippen LogP contribution in [0.3, 0.4) is 0 Å². The van der Waals surface area contributed by atoms with Crippen LogP contribution >= 0.6 is 0 Å². The molecule has 1 saturated heterocycles. The first-order valence-corrected chi connectivity index (χ1v) is 14.0. The van der Waals surface area contributed by atoms with Crippen LogP contribution in [0.4, 0.5) is 0 Å². The molecule has 8 heteroatoms. The lowest BCUT2D eigenvalue weighted by atomic mass is 9.94. The maximum absolute atomic E-state index is 13.5. The number of fused-ring (bicyclic) bond motifs is 1. The molecule has 2 aliphatic heterocycles. The number of aliphatic hydroxyl groups is 1. The smallest absolute Gasteiger partial charge is 0.295 e. The van der Waals surface area contributed by atoms with Crippen LogP contribution in [0.1, 0.15) is 63.8 Å². The Morgan fingerprint density at radius 2 is 1.74 bits per heavy atom. The van der Waals surface area contributed by atoms with Crippen molar-refractivity contribution in [2.75, 3.05) is 39.4 Å². The summed E-state index contributed by atoms with van der Waals surface area (Å²) in [6.45, 7) is 13.9. The molecule has 1 N–H and O–H groups in total. The van der Waals surface area contributed by atoms with Gasteiger partial charge in [0, 0.05) is 18.5 Å². The Morgan fingerprint density at radius 1 is 1.03 bits per heavy atom. The topological polar surface area (TPSA) is 88.5 Å². The maximum atomic E-state index is 13.5. The highest BCUT2D eigenvalue weighted by atomic mass is 16.5. The molecule has 2 aromatic carbocycles. The minimum Gasteiger partial charge on any atom is -0.507 e. The molecule has 0 aliphatic carbocycles. The van der Waals surface area contributed by atoms with Crippen molar-refractivity contribution in [1.29, 1.82) is 0 Å². The molecule has 0 unspecified atom stereocenters. The number of hydrogen-bond donors (Lipinski definition) is 1. The van der Waals surface area contributed by atoms with Crippen molar-refractivity contribution < 1.29 is 28.9 Å². The summed E-state index contributed by atoms with van der Waals surface area (Å²) < 4.78 is 17.4. The van der Waals surface area contributed by atoms with Gasteiger partial charge in [-0.3, -0.25) is 9.59 Å². The second-order valence-electron chi connectivity index (χ2n) is 9.90. The average molecular weight is 537 g/mol. The summed E-state index contributed by atoms with van der Waals surface area (Å²) in [4.78, 5) is 30.8. The van der Waals surface area contributed by atoms with Crippen molar-refractivity contribution in [3.63, 3.8) is 0 Å². The van der Waals surface area contributed by atoms with Gasteiger partial charge in [0.25, 0.3) is 11.7 Å². The highest BCUT2D eigenvalue weighted by Gasteiger charge is 2.46. The maximum Gasteiger partial charge on any atom is 0.295 e. The van der Waals surface area contributed by atoms with E-state index in [0.29, 0.717) is 48.8 Å². The molecule has 39 heavy (non-hydrogen) atoms. The Kier molecular flexibility index (Phi) is 9.17. The molecule has 2 atom stereocenters. The van der Waals surface area contributed by atoms with Crippen LogP contribution in [0.5, 0.6) is 17.2 Å². The molecule has 4 rings (SSSR count). The van der Waals surface area contributed by atoms with E-state index in [9.17, 15) is 14.7 Å². The first-order chi connectivity index (χ1) is 18.8. The highest BCUT2D eigenvalue weighted by molar-refractivity contribution is 6.46. The Bertz CT molecular complexity index is 1240. The van der Waals surface area contributed by atoms with Crippen LogP contribution in [0.15, 0.2) is 42.0 Å². The summed E-state index contributed by atoms with van der Waals surface area (Å²) >= 11 is 0. The lowest BCUT2D eigenvalue weighted by Gasteiger charge is -2.27. The number of amides is 1. The number of aliphatic hydroxyl groups excluding tert-OH is 1. The predicted molar refractivity (Wildman–Crippen MR) is 150 cm³/mol. The fourth-order valence-electron chi connectivity index (χ4n) is 5.42. The van der Waals surface area contributed by atoms with Gasteiger partial charge >= 0.3 is 0 Å². The second-order valence-corrected chi connectivity index (χ2v) is 9.90. The van der Waals surface area contributed by atoms with Crippen LogP contribution in [0.25, 0.3) is 5.76 Å². The third-order valence-corrected chi connectivity index (χ3v) is 7.36. The van der Waals surface area contributed by atoms with E-state index in [1.54, 1.807) is 17.0 Å². The van der Waals surface area contributed by atoms with Crippen molar-refractivity contribution in [3.05, 3.63) is 58.7 Å². The number of carbonyl (C=O) groups is 2. The van der Waals surface area contributed by atoms with Crippen molar-refractivity contribution in [2.24, 2.45) is 0 Å². The van der Waals surface area contributed by atoms with Crippen LogP contribution in [-0.4, -0.2) is 72.1 Å². The number of Topliss-reactive ketones (excluding diaryl/α,β-unsaturated/α-hetero) is 1. The van der Waals surface area contributed by atoms with Crippen molar-refractivity contribution in [1.82, 2.24) is 9.80 Å². The van der Waals surface area contributed by atoms with E-state index >= 15 is 0 Å². The van der Waals surface area contributed by atoms with Gasteiger partial charge in [0.05, 0.1) is 24.8 Å². The van der Waals surface area contributed by atoms with Crippen LogP contribution in [-0.2, 0) is 16.0 Å². The second kappa shape index (κ2) is 12.6. The summed E-state index contributed by atoms with van der Waals surface area (Å²) in [6.07, 6.45) is 1.47. The Hall–Kier alpha value is -3.52. The van der Waals surface area contributed by atoms with Gasteiger partial charge in [0.2, 0.25) is 0 Å². The van der Waals surface area contributed by atoms with Crippen LogP contribution in [0, 0.1) is 0 Å². The molecule has 1 fully saturated rings. The molecule has 2 aliphatic rings. The van der Waals surface area contributed by atoms with Gasteiger partial charge < -0.3 is 29.1 Å². The Morgan fingerprint density at radius 3 is 2.44 bits per heavy atom. The molecular formula is C31H40N2O6. The van der Waals surface area contributed by atoms with Gasteiger partial charge in [-0.05, 0) is 88.3 Å². The quantitative estimate of drug-likeness (QED) is 0.233. The van der Waals surface area contributed by atoms with Gasteiger partial charge in [-0.1, -0.05) is 19.9 Å². The fourth-order valence-corrected chi connectivity index (χ4v) is 5.42. The van der Waals surface area contributed by atoms with Gasteiger partial charge in [0.15, 0.2) is 11.5 Å². The van der Waals surface area contributed by atoms with Crippen LogP contribution < -0.4 is 14.2 Å². The van der Waals surface area contributed by atoms with Gasteiger partial charge in [-0.2, -0.15) is 0 Å². The summed E-state index contributed by atoms with van der Waals surface area (Å²) in [7, 11) is 0. The summed E-state index contributed by atoms with van der Waals surface area (Å²) in [5.41, 5.74) is 2.23. The van der Waals surface area contributed by atoms with Crippen molar-refractivity contribution in [3.8, 4) is 17.2 Å². The third-order valence-electron chi connectivity index (χ3n) is 7.36. The largest absolute Gasteiger partial charge is 0.507 e. The highest BCUT2D eigenvalue weighted by Crippen LogP contribution is 2.43. The molecule has 210 valence electrons. The number of nitrogens with zero attached hydrogens (tertiary/aromatic N) is 2. The molecule has 0 radical (unpaired) electrons. The number of rotatable bonds is 12. The Balaban J connectivity index is 1.78. The van der Waals surface area contributed by atoms with E-state index < -0.39 is 17.7 Å². The van der Waals surface area contributed by atoms with Gasteiger partial charge in [0.1, 0.15) is 17.6 Å². The lowest BCUT2D eigenvalue weighted by Crippen LogP contribution is -2.33. The van der Waals surface area contributed by atoms with E-state index in [-0.39, 0.29) is 17.4 Å². The van der Waals surface area contributed by atoms with Crippen molar-refractivity contribution >= 4 is 17.4 Å². The summed E-state index contributed by atoms with van der Waals surface area (Å²) in [6, 6.07) is 10.1. The molecule has 2 heterocycles. The monoisotopic (exact) mass is 536 g/mol. The first kappa shape index (κ1) is 28.5. The number of ether oxygens (including phenoxy) is 3. The van der Waals surface area contributed by atoms with Gasteiger partial charge in [-0.25, -0.2) is 0 Å². The zero-order valence-electron chi connectivity index (χ0n) is 23.7. The molecule has 0 saturated carbocycles. The zero-order valence-corrected chi connectivity index (χ0v) is 23.7. The first-order valence-electron chi connectivity index (χ1n) is 14.0. The Labute approximate surface area is 231 Å². The third kappa shape index (κ3) is 5.91. The molecule has 0 aromatic heterocycles. The zero-order chi connectivity index (χ0) is 28.1. The number of ketones is 1. The van der Waals surface area contributed by atoms with E-state index in [1.807, 2.05) is 45.0 Å². The normalized spacial score (nSPS) is 19.9. The van der Waals surface area contributed by atoms with Crippen LogP contribution in [0.2, 0.25) is 0 Å². The number of likely N-dealkylation sites (tertiary alicyclic amines) is 1. The number of hydrogen-bond acceptors (Lipinski definition) is 7. The molecule has 8 nitrogen and oxygen atoms in total. The molecular weight excluding hydrogens is 496 g/mol. The van der Waals surface area contributed by atoms with Crippen molar-refractivity contribution in [2.45, 2.75) is 59.6 Å². The van der Waals surface area contributed by atoms with Gasteiger partial charge in [-0.15, -0.1) is 0 Å². The minimum absolute atomic E-state index is 0.0506. The number of carbonyl (C=O) groups excluding carboxylic acids is 2. The van der Waals surface area contributed by atoms with E-state index in [2.05, 4.69) is 18.7 Å².